The zero-order valence-electron chi connectivity index (χ0n) is 52.1. The Kier molecular flexibility index (Phi) is 49.2. The summed E-state index contributed by atoms with van der Waals surface area (Å²) in [6.45, 7) is 2.73. The third kappa shape index (κ3) is 38.0. The molecule has 2 rings (SSSR count). The first-order chi connectivity index (χ1) is 41.1. The highest BCUT2D eigenvalue weighted by Crippen LogP contribution is 2.30. The molecule has 0 aromatic heterocycles. The second kappa shape index (κ2) is 53.9. The fourth-order valence-corrected chi connectivity index (χ4v) is 10.2. The number of hydrogen-bond donors (Lipinski definition) is 9. The summed E-state index contributed by atoms with van der Waals surface area (Å²) >= 11 is 0. The molecule has 12 atom stereocenters. The van der Waals surface area contributed by atoms with Crippen LogP contribution in [0.3, 0.4) is 0 Å². The van der Waals surface area contributed by atoms with Gasteiger partial charge in [-0.2, -0.15) is 0 Å². The third-order valence-electron chi connectivity index (χ3n) is 15.5. The van der Waals surface area contributed by atoms with E-state index < -0.39 is 86.8 Å². The van der Waals surface area contributed by atoms with E-state index in [4.69, 9.17) is 18.9 Å². The first-order valence-corrected chi connectivity index (χ1v) is 33.1. The molecule has 2 saturated heterocycles. The summed E-state index contributed by atoms with van der Waals surface area (Å²) < 4.78 is 22.8. The Hall–Kier alpha value is -3.35. The predicted molar refractivity (Wildman–Crippen MR) is 341 cm³/mol. The maximum absolute atomic E-state index is 13.3. The second-order valence-corrected chi connectivity index (χ2v) is 22.9. The average Bonchev–Trinajstić information content (AvgIpc) is 2.58. The van der Waals surface area contributed by atoms with Gasteiger partial charge < -0.3 is 65.1 Å². The molecule has 14 nitrogen and oxygen atoms in total. The summed E-state index contributed by atoms with van der Waals surface area (Å²) in [4.78, 5) is 13.3. The lowest BCUT2D eigenvalue weighted by Gasteiger charge is -2.46. The van der Waals surface area contributed by atoms with Crippen molar-refractivity contribution in [2.45, 2.75) is 306 Å². The smallest absolute Gasteiger partial charge is 0.220 e. The number of carbonyl (C=O) groups excluding carboxylic acids is 1. The molecule has 0 saturated carbocycles. The Labute approximate surface area is 508 Å². The van der Waals surface area contributed by atoms with Gasteiger partial charge in [0.1, 0.15) is 48.8 Å². The van der Waals surface area contributed by atoms with Crippen LogP contribution in [0.2, 0.25) is 0 Å². The van der Waals surface area contributed by atoms with Gasteiger partial charge in [-0.1, -0.05) is 252 Å². The topological polar surface area (TPSA) is 228 Å². The number of aliphatic hydroxyl groups is 8. The molecular formula is C70H119NO13. The molecule has 0 aliphatic carbocycles. The number of hydrogen-bond acceptors (Lipinski definition) is 13. The molecule has 2 fully saturated rings. The van der Waals surface area contributed by atoms with Crippen LogP contribution in [0.15, 0.2) is 109 Å². The van der Waals surface area contributed by atoms with Crippen LogP contribution in [0.5, 0.6) is 0 Å². The molecule has 12 unspecified atom stereocenters. The molecule has 0 aromatic rings. The van der Waals surface area contributed by atoms with Gasteiger partial charge in [0.15, 0.2) is 12.6 Å². The molecule has 1 amide bonds. The van der Waals surface area contributed by atoms with Crippen molar-refractivity contribution in [3.8, 4) is 0 Å². The first-order valence-electron chi connectivity index (χ1n) is 33.1. The summed E-state index contributed by atoms with van der Waals surface area (Å²) in [5.74, 6) is -0.218. The molecular weight excluding hydrogens is 1060 g/mol. The summed E-state index contributed by atoms with van der Waals surface area (Å²) in [6.07, 6.45) is 59.5. The van der Waals surface area contributed by atoms with Gasteiger partial charge in [0, 0.05) is 6.42 Å². The van der Waals surface area contributed by atoms with E-state index in [0.717, 1.165) is 109 Å². The lowest BCUT2D eigenvalue weighted by molar-refractivity contribution is -0.359. The highest BCUT2D eigenvalue weighted by atomic mass is 16.7. The molecule has 9 N–H and O–H groups in total. The van der Waals surface area contributed by atoms with Crippen molar-refractivity contribution in [1.82, 2.24) is 5.32 Å². The zero-order chi connectivity index (χ0) is 60.9. The number of unbranched alkanes of at least 4 members (excludes halogenated alkanes) is 21. The standard InChI is InChI=1S/C70H119NO13/c1-3-5-7-9-11-13-15-17-18-19-20-21-22-23-24-25-26-27-28-29-30-31-32-33-34-35-36-37-38-39-40-42-44-46-48-50-52-54-62(75)71-58(59(74)53-51-49-47-45-43-41-16-14-12-10-8-6-4-2)57-81-69-67(80)65(78)68(61(56-73)83-69)84-70-66(79)64(77)63(76)60(55-72)82-70/h5,7,11,13,17-18,20-21,23-24,26-27,29-30,32-33,35-36,58-61,63-70,72-74,76-80H,3-4,6,8-10,12,14-16,19,22,25,28,31,34,37-57H2,1-2H3,(H,71,75)/b7-5-,13-11-,18-17-,21-20-,24-23-,27-26-,30-29-,33-32-,36-35-. The largest absolute Gasteiger partial charge is 0.394 e. The molecule has 2 heterocycles. The molecule has 482 valence electrons. The maximum Gasteiger partial charge on any atom is 0.220 e. The Bertz CT molecular complexity index is 1820. The number of rotatable bonds is 52. The van der Waals surface area contributed by atoms with Gasteiger partial charge in [-0.05, 0) is 83.5 Å². The second-order valence-electron chi connectivity index (χ2n) is 22.9. The van der Waals surface area contributed by atoms with Crippen LogP contribution in [0.25, 0.3) is 0 Å². The predicted octanol–water partition coefficient (Wildman–Crippen LogP) is 12.8. The normalized spacial score (nSPS) is 24.4. The molecule has 0 radical (unpaired) electrons. The minimum Gasteiger partial charge on any atom is -0.394 e. The summed E-state index contributed by atoms with van der Waals surface area (Å²) in [6, 6.07) is -0.839. The fraction of sp³-hybridized carbons (Fsp3) is 0.729. The summed E-state index contributed by atoms with van der Waals surface area (Å²) in [5.41, 5.74) is 0. The van der Waals surface area contributed by atoms with E-state index in [1.165, 1.54) is 89.9 Å². The zero-order valence-corrected chi connectivity index (χ0v) is 52.1. The summed E-state index contributed by atoms with van der Waals surface area (Å²) in [7, 11) is 0. The van der Waals surface area contributed by atoms with Crippen molar-refractivity contribution in [1.29, 1.82) is 0 Å². The van der Waals surface area contributed by atoms with Crippen molar-refractivity contribution < 1.29 is 64.6 Å². The highest BCUT2D eigenvalue weighted by Gasteiger charge is 2.51. The number of nitrogens with one attached hydrogen (secondary N) is 1. The van der Waals surface area contributed by atoms with Gasteiger partial charge in [0.25, 0.3) is 0 Å². The van der Waals surface area contributed by atoms with Crippen molar-refractivity contribution in [3.05, 3.63) is 109 Å². The molecule has 2 aliphatic rings. The van der Waals surface area contributed by atoms with Crippen LogP contribution >= 0.6 is 0 Å². The quantitative estimate of drug-likeness (QED) is 0.0204. The van der Waals surface area contributed by atoms with Gasteiger partial charge in [-0.25, -0.2) is 0 Å². The highest BCUT2D eigenvalue weighted by molar-refractivity contribution is 5.76. The number of amides is 1. The Morgan fingerprint density at radius 1 is 0.440 bits per heavy atom. The van der Waals surface area contributed by atoms with E-state index in [9.17, 15) is 45.6 Å². The minimum absolute atomic E-state index is 0.218. The Morgan fingerprint density at radius 3 is 1.26 bits per heavy atom. The summed E-state index contributed by atoms with van der Waals surface area (Å²) in [5, 5.41) is 87.3. The number of ether oxygens (including phenoxy) is 4. The lowest BCUT2D eigenvalue weighted by atomic mass is 9.97. The molecule has 14 heteroatoms. The van der Waals surface area contributed by atoms with E-state index in [1.807, 2.05) is 0 Å². The van der Waals surface area contributed by atoms with Gasteiger partial charge in [0.2, 0.25) is 5.91 Å². The Morgan fingerprint density at radius 2 is 0.821 bits per heavy atom. The van der Waals surface area contributed by atoms with Crippen molar-refractivity contribution >= 4 is 5.91 Å². The lowest BCUT2D eigenvalue weighted by Crippen LogP contribution is -2.65. The van der Waals surface area contributed by atoms with Gasteiger partial charge in [-0.15, -0.1) is 0 Å². The van der Waals surface area contributed by atoms with Crippen LogP contribution in [0.1, 0.15) is 232 Å². The Balaban J connectivity index is 1.63. The van der Waals surface area contributed by atoms with Crippen LogP contribution < -0.4 is 5.32 Å². The molecule has 0 aromatic carbocycles. The molecule has 84 heavy (non-hydrogen) atoms. The van der Waals surface area contributed by atoms with Gasteiger partial charge >= 0.3 is 0 Å². The number of allylic oxidation sites excluding steroid dienone is 18. The van der Waals surface area contributed by atoms with Gasteiger partial charge in [-0.3, -0.25) is 4.79 Å². The molecule has 2 aliphatic heterocycles. The van der Waals surface area contributed by atoms with E-state index >= 15 is 0 Å². The SMILES string of the molecule is CC/C=C\C/C=C\C/C=C\C/C=C\C/C=C\C/C=C\C/C=C\C/C=C\C/C=C\CCCCCCCCCCCC(=O)NC(COC1OC(CO)C(OC2OC(CO)C(O)C(O)C2O)C(O)C1O)C(O)CCCCCCCCCCCCCCC. The number of carbonyl (C=O) groups is 1. The van der Waals surface area contributed by atoms with Crippen molar-refractivity contribution in [3.63, 3.8) is 0 Å². The fourth-order valence-electron chi connectivity index (χ4n) is 10.2. The van der Waals surface area contributed by atoms with E-state index in [-0.39, 0.29) is 12.5 Å². The van der Waals surface area contributed by atoms with Crippen molar-refractivity contribution in [2.75, 3.05) is 19.8 Å². The first kappa shape index (κ1) is 76.7. The molecule has 0 spiro atoms. The maximum atomic E-state index is 13.3. The monoisotopic (exact) mass is 1180 g/mol. The number of aliphatic hydroxyl groups excluding tert-OH is 8. The van der Waals surface area contributed by atoms with E-state index in [2.05, 4.69) is 129 Å². The minimum atomic E-state index is -1.79. The third-order valence-corrected chi connectivity index (χ3v) is 15.5. The van der Waals surface area contributed by atoms with Crippen molar-refractivity contribution in [2.24, 2.45) is 0 Å². The van der Waals surface area contributed by atoms with Gasteiger partial charge in [0.05, 0.1) is 32.0 Å². The van der Waals surface area contributed by atoms with Crippen LogP contribution in [0.4, 0.5) is 0 Å². The van der Waals surface area contributed by atoms with Crippen LogP contribution in [0, 0.1) is 0 Å². The van der Waals surface area contributed by atoms with Crippen LogP contribution in [-0.4, -0.2) is 140 Å². The van der Waals surface area contributed by atoms with E-state index in [1.54, 1.807) is 0 Å². The van der Waals surface area contributed by atoms with Crippen LogP contribution in [-0.2, 0) is 23.7 Å². The molecule has 0 bridgehead atoms. The average molecular weight is 1180 g/mol. The van der Waals surface area contributed by atoms with E-state index in [0.29, 0.717) is 19.3 Å².